The van der Waals surface area contributed by atoms with Crippen molar-refractivity contribution in [1.82, 2.24) is 0 Å². The summed E-state index contributed by atoms with van der Waals surface area (Å²) in [5.74, 6) is 1.38. The van der Waals surface area contributed by atoms with E-state index >= 15 is 0 Å². The maximum atomic E-state index is 11.6. The van der Waals surface area contributed by atoms with Gasteiger partial charge in [-0.25, -0.2) is 0 Å². The molecule has 1 unspecified atom stereocenters. The van der Waals surface area contributed by atoms with Crippen LogP contribution in [0.2, 0.25) is 0 Å². The van der Waals surface area contributed by atoms with Gasteiger partial charge in [-0.15, -0.1) is 0 Å². The number of hydrogen-bond acceptors (Lipinski definition) is 2. The van der Waals surface area contributed by atoms with Crippen LogP contribution in [0.3, 0.4) is 0 Å². The molecule has 0 aromatic heterocycles. The lowest BCUT2D eigenvalue weighted by molar-refractivity contribution is 0.354. The highest BCUT2D eigenvalue weighted by Crippen LogP contribution is 2.57. The van der Waals surface area contributed by atoms with Gasteiger partial charge in [-0.2, -0.15) is 0 Å². The molecule has 0 aliphatic heterocycles. The monoisotopic (exact) mass is 162 g/mol. The summed E-state index contributed by atoms with van der Waals surface area (Å²) in [6.07, 6.45) is -0.278. The quantitative estimate of drug-likeness (QED) is 0.632. The molecule has 3 heteroatoms. The number of rotatable bonds is 2. The standard InChI is InChI=1S/C7H15O2P/c1-5-10(9,6-8)7(2,3)4/h5,8H,1,6H2,2-4H3. The summed E-state index contributed by atoms with van der Waals surface area (Å²) in [5.41, 5.74) is 0. The first-order chi connectivity index (χ1) is 4.37. The van der Waals surface area contributed by atoms with Crippen LogP contribution in [-0.4, -0.2) is 16.6 Å². The summed E-state index contributed by atoms with van der Waals surface area (Å²) in [4.78, 5) is 0. The molecule has 60 valence electrons. The summed E-state index contributed by atoms with van der Waals surface area (Å²) in [6, 6.07) is 0. The molecule has 0 radical (unpaired) electrons. The second kappa shape index (κ2) is 2.89. The van der Waals surface area contributed by atoms with E-state index in [1.807, 2.05) is 20.8 Å². The Bertz CT molecular complexity index is 167. The first-order valence-electron chi connectivity index (χ1n) is 3.21. The van der Waals surface area contributed by atoms with Gasteiger partial charge < -0.3 is 9.67 Å². The highest BCUT2D eigenvalue weighted by Gasteiger charge is 2.32. The van der Waals surface area contributed by atoms with E-state index < -0.39 is 7.14 Å². The van der Waals surface area contributed by atoms with Crippen molar-refractivity contribution in [2.75, 3.05) is 6.35 Å². The zero-order valence-electron chi connectivity index (χ0n) is 6.79. The molecule has 1 N–H and O–H groups in total. The van der Waals surface area contributed by atoms with Crippen molar-refractivity contribution in [3.8, 4) is 0 Å². The van der Waals surface area contributed by atoms with Crippen LogP contribution in [-0.2, 0) is 4.57 Å². The van der Waals surface area contributed by atoms with E-state index in [-0.39, 0.29) is 11.5 Å². The van der Waals surface area contributed by atoms with Gasteiger partial charge in [0.2, 0.25) is 0 Å². The summed E-state index contributed by atoms with van der Waals surface area (Å²) >= 11 is 0. The molecule has 0 amide bonds. The lowest BCUT2D eigenvalue weighted by Crippen LogP contribution is -2.15. The zero-order chi connectivity index (χ0) is 8.41. The molecule has 0 aliphatic carbocycles. The maximum Gasteiger partial charge on any atom is 0.137 e. The average Bonchev–Trinajstić information content (AvgIpc) is 1.84. The van der Waals surface area contributed by atoms with Gasteiger partial charge in [-0.1, -0.05) is 27.4 Å². The van der Waals surface area contributed by atoms with Crippen LogP contribution >= 0.6 is 7.14 Å². The van der Waals surface area contributed by atoms with Gasteiger partial charge in [0.25, 0.3) is 0 Å². The Morgan fingerprint density at radius 2 is 2.00 bits per heavy atom. The van der Waals surface area contributed by atoms with Crippen LogP contribution in [0.1, 0.15) is 20.8 Å². The molecule has 0 spiro atoms. The van der Waals surface area contributed by atoms with Gasteiger partial charge in [-0.3, -0.25) is 0 Å². The molecule has 10 heavy (non-hydrogen) atoms. The molecule has 0 aromatic rings. The van der Waals surface area contributed by atoms with Crippen LogP contribution in [0, 0.1) is 0 Å². The first kappa shape index (κ1) is 9.93. The summed E-state index contributed by atoms with van der Waals surface area (Å²) in [6.45, 7) is 8.96. The molecule has 0 aliphatic rings. The molecule has 2 nitrogen and oxygen atoms in total. The van der Waals surface area contributed by atoms with Gasteiger partial charge in [0, 0.05) is 5.16 Å². The third kappa shape index (κ3) is 1.71. The zero-order valence-corrected chi connectivity index (χ0v) is 7.69. The maximum absolute atomic E-state index is 11.6. The minimum Gasteiger partial charge on any atom is -0.388 e. The summed E-state index contributed by atoms with van der Waals surface area (Å²) in [5, 5.41) is 8.43. The first-order valence-corrected chi connectivity index (χ1v) is 5.17. The van der Waals surface area contributed by atoms with Gasteiger partial charge >= 0.3 is 0 Å². The molecule has 0 aromatic carbocycles. The molecule has 1 atom stereocenters. The van der Waals surface area contributed by atoms with E-state index in [0.29, 0.717) is 0 Å². The highest BCUT2D eigenvalue weighted by atomic mass is 31.2. The predicted molar refractivity (Wildman–Crippen MR) is 44.6 cm³/mol. The Labute approximate surface area is 62.3 Å². The fourth-order valence-electron chi connectivity index (χ4n) is 0.544. The molecular weight excluding hydrogens is 147 g/mol. The Kier molecular flexibility index (Phi) is 2.87. The van der Waals surface area contributed by atoms with E-state index in [9.17, 15) is 4.57 Å². The predicted octanol–water partition coefficient (Wildman–Crippen LogP) is 2.24. The van der Waals surface area contributed by atoms with E-state index in [2.05, 4.69) is 6.58 Å². The van der Waals surface area contributed by atoms with Crippen LogP contribution in [0.15, 0.2) is 12.4 Å². The van der Waals surface area contributed by atoms with Gasteiger partial charge in [0.05, 0.1) is 6.35 Å². The van der Waals surface area contributed by atoms with Crippen LogP contribution in [0.25, 0.3) is 0 Å². The van der Waals surface area contributed by atoms with Crippen LogP contribution in [0.4, 0.5) is 0 Å². The molecule has 0 heterocycles. The molecule has 0 rings (SSSR count). The van der Waals surface area contributed by atoms with Crippen molar-refractivity contribution in [2.24, 2.45) is 0 Å². The van der Waals surface area contributed by atoms with Crippen molar-refractivity contribution in [3.63, 3.8) is 0 Å². The van der Waals surface area contributed by atoms with Gasteiger partial charge in [-0.05, 0) is 5.82 Å². The summed E-state index contributed by atoms with van der Waals surface area (Å²) in [7, 11) is -2.55. The summed E-state index contributed by atoms with van der Waals surface area (Å²) < 4.78 is 11.6. The Balaban J connectivity index is 4.68. The fourth-order valence-corrected chi connectivity index (χ4v) is 1.63. The smallest absolute Gasteiger partial charge is 0.137 e. The molecule has 0 saturated heterocycles. The third-order valence-electron chi connectivity index (χ3n) is 1.64. The molecule has 0 fully saturated rings. The minimum atomic E-state index is -2.55. The Morgan fingerprint density at radius 3 is 2.00 bits per heavy atom. The van der Waals surface area contributed by atoms with E-state index in [4.69, 9.17) is 5.11 Å². The third-order valence-corrected chi connectivity index (χ3v) is 4.92. The van der Waals surface area contributed by atoms with Crippen molar-refractivity contribution in [2.45, 2.75) is 25.9 Å². The number of aliphatic hydroxyl groups is 1. The molecule has 0 bridgehead atoms. The lowest BCUT2D eigenvalue weighted by Gasteiger charge is -2.26. The second-order valence-electron chi connectivity index (χ2n) is 3.29. The molecular formula is C7H15O2P. The van der Waals surface area contributed by atoms with E-state index in [1.54, 1.807) is 0 Å². The second-order valence-corrected chi connectivity index (χ2v) is 6.87. The Morgan fingerprint density at radius 1 is 1.60 bits per heavy atom. The van der Waals surface area contributed by atoms with Crippen molar-refractivity contribution >= 4 is 7.14 Å². The minimum absolute atomic E-state index is 0.278. The normalized spacial score (nSPS) is 18.0. The molecule has 0 saturated carbocycles. The largest absolute Gasteiger partial charge is 0.388 e. The fraction of sp³-hybridized carbons (Fsp3) is 0.714. The Hall–Kier alpha value is -0.0700. The highest BCUT2D eigenvalue weighted by molar-refractivity contribution is 7.68. The number of aliphatic hydroxyl groups excluding tert-OH is 1. The van der Waals surface area contributed by atoms with Crippen molar-refractivity contribution in [3.05, 3.63) is 12.4 Å². The SMILES string of the molecule is C=CP(=O)(CO)C(C)(C)C. The van der Waals surface area contributed by atoms with E-state index in [1.165, 1.54) is 5.82 Å². The van der Waals surface area contributed by atoms with Crippen molar-refractivity contribution in [1.29, 1.82) is 0 Å². The number of hydrogen-bond donors (Lipinski definition) is 1. The van der Waals surface area contributed by atoms with Crippen LogP contribution < -0.4 is 0 Å². The van der Waals surface area contributed by atoms with Gasteiger partial charge in [0.1, 0.15) is 7.14 Å². The van der Waals surface area contributed by atoms with Crippen molar-refractivity contribution < 1.29 is 9.67 Å². The average molecular weight is 162 g/mol. The lowest BCUT2D eigenvalue weighted by atomic mass is 10.3. The van der Waals surface area contributed by atoms with Gasteiger partial charge in [0.15, 0.2) is 0 Å². The topological polar surface area (TPSA) is 37.3 Å². The van der Waals surface area contributed by atoms with Crippen LogP contribution in [0.5, 0.6) is 0 Å². The van der Waals surface area contributed by atoms with E-state index in [0.717, 1.165) is 0 Å².